The van der Waals surface area contributed by atoms with Gasteiger partial charge in [0.1, 0.15) is 11.6 Å². The van der Waals surface area contributed by atoms with Crippen LogP contribution < -0.4 is 9.64 Å². The second-order valence-electron chi connectivity index (χ2n) is 4.62. The molecule has 0 aliphatic carbocycles. The Kier molecular flexibility index (Phi) is 4.03. The molecule has 1 aliphatic rings. The van der Waals surface area contributed by atoms with Crippen LogP contribution in [0.25, 0.3) is 0 Å². The molecule has 2 aromatic rings. The number of carbonyl (C=O) groups is 1. The molecule has 0 N–H and O–H groups in total. The van der Waals surface area contributed by atoms with E-state index in [9.17, 15) is 9.18 Å². The van der Waals surface area contributed by atoms with Gasteiger partial charge in [-0.25, -0.2) is 4.39 Å². The average molecular weight is 418 g/mol. The fraction of sp³-hybridized carbons (Fsp3) is 0.133. The van der Waals surface area contributed by atoms with Crippen LogP contribution in [-0.4, -0.2) is 12.5 Å². The Bertz CT molecular complexity index is 723. The van der Waals surface area contributed by atoms with Crippen LogP contribution in [0.4, 0.5) is 10.1 Å². The number of hydrogen-bond donors (Lipinski definition) is 0. The molecule has 2 aromatic carbocycles. The van der Waals surface area contributed by atoms with E-state index in [0.29, 0.717) is 22.0 Å². The summed E-state index contributed by atoms with van der Waals surface area (Å²) in [5.74, 6) is 0.0113. The van der Waals surface area contributed by atoms with Gasteiger partial charge in [0.15, 0.2) is 6.61 Å². The van der Waals surface area contributed by atoms with Gasteiger partial charge in [-0.15, -0.1) is 0 Å². The minimum atomic E-state index is -0.422. The quantitative estimate of drug-likeness (QED) is 0.691. The second-order valence-corrected chi connectivity index (χ2v) is 6.30. The van der Waals surface area contributed by atoms with Gasteiger partial charge in [0, 0.05) is 14.2 Å². The third-order valence-electron chi connectivity index (χ3n) is 3.21. The number of anilines is 1. The first-order valence-corrected chi connectivity index (χ1v) is 7.67. The van der Waals surface area contributed by atoms with Crippen molar-refractivity contribution in [3.63, 3.8) is 0 Å². The predicted molar refractivity (Wildman–Crippen MR) is 87.3 cm³/mol. The highest BCUT2D eigenvalue weighted by Gasteiger charge is 2.26. The maximum absolute atomic E-state index is 13.9. The molecule has 0 saturated carbocycles. The average Bonchev–Trinajstić information content (AvgIpc) is 2.44. The van der Waals surface area contributed by atoms with E-state index >= 15 is 0 Å². The van der Waals surface area contributed by atoms with Crippen LogP contribution in [0.2, 0.25) is 5.02 Å². The van der Waals surface area contributed by atoms with Crippen molar-refractivity contribution in [1.82, 2.24) is 0 Å². The molecule has 0 atom stereocenters. The predicted octanol–water partition coefficient (Wildman–Crippen LogP) is 4.01. The highest BCUT2D eigenvalue weighted by Crippen LogP contribution is 2.34. The maximum Gasteiger partial charge on any atom is 0.265 e. The summed E-state index contributed by atoms with van der Waals surface area (Å²) >= 11 is 7.91. The Morgan fingerprint density at radius 1 is 1.29 bits per heavy atom. The molecule has 0 spiro atoms. The molecule has 108 valence electrons. The van der Waals surface area contributed by atoms with Crippen molar-refractivity contribution in [2.45, 2.75) is 6.54 Å². The number of hydrogen-bond acceptors (Lipinski definition) is 2. The minimum Gasteiger partial charge on any atom is -0.482 e. The Hall–Kier alpha value is -1.34. The maximum atomic E-state index is 13.9. The number of nitrogens with zero attached hydrogens (tertiary/aromatic N) is 1. The molecular formula is C15H10ClFINO2. The summed E-state index contributed by atoms with van der Waals surface area (Å²) < 4.78 is 20.3. The van der Waals surface area contributed by atoms with Crippen LogP contribution >= 0.6 is 34.2 Å². The number of amides is 1. The van der Waals surface area contributed by atoms with Gasteiger partial charge in [-0.2, -0.15) is 0 Å². The van der Waals surface area contributed by atoms with Crippen molar-refractivity contribution in [1.29, 1.82) is 0 Å². The molecule has 0 radical (unpaired) electrons. The Morgan fingerprint density at radius 2 is 2.10 bits per heavy atom. The van der Waals surface area contributed by atoms with Gasteiger partial charge in [0.2, 0.25) is 0 Å². The van der Waals surface area contributed by atoms with Crippen LogP contribution in [0.3, 0.4) is 0 Å². The zero-order chi connectivity index (χ0) is 15.0. The molecule has 0 unspecified atom stereocenters. The lowest BCUT2D eigenvalue weighted by atomic mass is 10.1. The molecular weight excluding hydrogens is 408 g/mol. The second kappa shape index (κ2) is 5.81. The van der Waals surface area contributed by atoms with Gasteiger partial charge < -0.3 is 9.64 Å². The zero-order valence-corrected chi connectivity index (χ0v) is 13.7. The van der Waals surface area contributed by atoms with Gasteiger partial charge in [0.05, 0.1) is 12.2 Å². The standard InChI is InChI=1S/C15H10ClFINO2/c16-10-2-1-9(12(17)5-10)7-19-13-6-11(18)3-4-14(13)21-8-15(19)20/h1-6H,7-8H2. The van der Waals surface area contributed by atoms with E-state index in [1.54, 1.807) is 12.1 Å². The van der Waals surface area contributed by atoms with E-state index in [1.165, 1.54) is 11.0 Å². The zero-order valence-electron chi connectivity index (χ0n) is 10.8. The summed E-state index contributed by atoms with van der Waals surface area (Å²) in [6, 6.07) is 10.0. The Morgan fingerprint density at radius 3 is 2.86 bits per heavy atom. The number of benzene rings is 2. The van der Waals surface area contributed by atoms with Crippen molar-refractivity contribution in [3.8, 4) is 5.75 Å². The Balaban J connectivity index is 1.98. The van der Waals surface area contributed by atoms with Gasteiger partial charge in [-0.05, 0) is 52.9 Å². The molecule has 0 fully saturated rings. The van der Waals surface area contributed by atoms with E-state index in [0.717, 1.165) is 3.57 Å². The van der Waals surface area contributed by atoms with E-state index in [-0.39, 0.29) is 19.1 Å². The van der Waals surface area contributed by atoms with E-state index < -0.39 is 5.82 Å². The van der Waals surface area contributed by atoms with Crippen molar-refractivity contribution in [2.24, 2.45) is 0 Å². The highest BCUT2D eigenvalue weighted by molar-refractivity contribution is 14.1. The largest absolute Gasteiger partial charge is 0.482 e. The molecule has 0 saturated heterocycles. The summed E-state index contributed by atoms with van der Waals surface area (Å²) in [7, 11) is 0. The molecule has 3 nitrogen and oxygen atoms in total. The van der Waals surface area contributed by atoms with Crippen molar-refractivity contribution in [2.75, 3.05) is 11.5 Å². The van der Waals surface area contributed by atoms with Crippen molar-refractivity contribution < 1.29 is 13.9 Å². The molecule has 0 bridgehead atoms. The third kappa shape index (κ3) is 2.98. The van der Waals surface area contributed by atoms with Crippen molar-refractivity contribution >= 4 is 45.8 Å². The topological polar surface area (TPSA) is 29.5 Å². The normalized spacial score (nSPS) is 13.9. The van der Waals surface area contributed by atoms with Gasteiger partial charge in [0.25, 0.3) is 5.91 Å². The lowest BCUT2D eigenvalue weighted by Gasteiger charge is -2.29. The Labute approximate surface area is 139 Å². The molecule has 0 aromatic heterocycles. The van der Waals surface area contributed by atoms with Gasteiger partial charge in [-0.3, -0.25) is 4.79 Å². The lowest BCUT2D eigenvalue weighted by molar-refractivity contribution is -0.121. The number of rotatable bonds is 2. The summed E-state index contributed by atoms with van der Waals surface area (Å²) in [5, 5.41) is 0.333. The third-order valence-corrected chi connectivity index (χ3v) is 4.11. The van der Waals surface area contributed by atoms with Crippen LogP contribution in [0, 0.1) is 9.39 Å². The highest BCUT2D eigenvalue weighted by atomic mass is 127. The molecule has 21 heavy (non-hydrogen) atoms. The number of ether oxygens (including phenoxy) is 1. The summed E-state index contributed by atoms with van der Waals surface area (Å²) in [6.45, 7) is 0.112. The van der Waals surface area contributed by atoms with E-state index in [2.05, 4.69) is 22.6 Å². The number of halogens is 3. The first-order valence-electron chi connectivity index (χ1n) is 6.21. The van der Waals surface area contributed by atoms with E-state index in [4.69, 9.17) is 16.3 Å². The number of fused-ring (bicyclic) bond motifs is 1. The molecule has 1 amide bonds. The summed E-state index contributed by atoms with van der Waals surface area (Å²) in [5.41, 5.74) is 1.08. The molecule has 1 aliphatic heterocycles. The number of carbonyl (C=O) groups excluding carboxylic acids is 1. The van der Waals surface area contributed by atoms with Crippen LogP contribution in [0.5, 0.6) is 5.75 Å². The SMILES string of the molecule is O=C1COc2ccc(I)cc2N1Cc1ccc(Cl)cc1F. The van der Waals surface area contributed by atoms with Crippen LogP contribution in [-0.2, 0) is 11.3 Å². The van der Waals surface area contributed by atoms with Crippen molar-refractivity contribution in [3.05, 3.63) is 56.4 Å². The smallest absolute Gasteiger partial charge is 0.265 e. The van der Waals surface area contributed by atoms with Crippen LogP contribution in [0.15, 0.2) is 36.4 Å². The molecule has 1 heterocycles. The van der Waals surface area contributed by atoms with Crippen LogP contribution in [0.1, 0.15) is 5.56 Å². The monoisotopic (exact) mass is 417 g/mol. The lowest BCUT2D eigenvalue weighted by Crippen LogP contribution is -2.38. The first-order chi connectivity index (χ1) is 10.0. The van der Waals surface area contributed by atoms with Gasteiger partial charge >= 0.3 is 0 Å². The molecule has 6 heteroatoms. The van der Waals surface area contributed by atoms with Gasteiger partial charge in [-0.1, -0.05) is 17.7 Å². The minimum absolute atomic E-state index is 0.0389. The molecule has 3 rings (SSSR count). The fourth-order valence-electron chi connectivity index (χ4n) is 2.17. The first kappa shape index (κ1) is 14.6. The summed E-state index contributed by atoms with van der Waals surface area (Å²) in [4.78, 5) is 13.6. The van der Waals surface area contributed by atoms with E-state index in [1.807, 2.05) is 18.2 Å². The summed E-state index contributed by atoms with van der Waals surface area (Å²) in [6.07, 6.45) is 0. The fourth-order valence-corrected chi connectivity index (χ4v) is 2.80.